The summed E-state index contributed by atoms with van der Waals surface area (Å²) in [5, 5.41) is 20.8. The van der Waals surface area contributed by atoms with Gasteiger partial charge in [0.25, 0.3) is 5.91 Å². The number of aromatic nitrogens is 3. The van der Waals surface area contributed by atoms with Crippen molar-refractivity contribution in [1.82, 2.24) is 20.3 Å². The number of aryl methyl sites for hydroxylation is 2. The quantitative estimate of drug-likeness (QED) is 0.863. The summed E-state index contributed by atoms with van der Waals surface area (Å²) in [6, 6.07) is -0.584. The van der Waals surface area contributed by atoms with Gasteiger partial charge >= 0.3 is 0 Å². The molecule has 4 rings (SSSR count). The van der Waals surface area contributed by atoms with Crippen molar-refractivity contribution in [3.63, 3.8) is 0 Å². The van der Waals surface area contributed by atoms with Crippen molar-refractivity contribution in [3.8, 4) is 0 Å². The molecule has 1 aliphatic carbocycles. The van der Waals surface area contributed by atoms with Crippen LogP contribution in [0.1, 0.15) is 29.9 Å². The Balaban J connectivity index is 1.62. The van der Waals surface area contributed by atoms with Crippen molar-refractivity contribution < 1.29 is 14.4 Å². The van der Waals surface area contributed by atoms with E-state index in [1.807, 2.05) is 20.0 Å². The van der Waals surface area contributed by atoms with Crippen LogP contribution in [0.15, 0.2) is 28.3 Å². The number of hydrogen-bond acceptors (Lipinski definition) is 6. The molecule has 1 saturated heterocycles. The third kappa shape index (κ3) is 2.39. The zero-order chi connectivity index (χ0) is 16.8. The predicted octanol–water partition coefficient (Wildman–Crippen LogP) is 0.839. The lowest BCUT2D eigenvalue weighted by Gasteiger charge is -2.14. The van der Waals surface area contributed by atoms with Crippen LogP contribution >= 0.6 is 0 Å². The van der Waals surface area contributed by atoms with Gasteiger partial charge in [0, 0.05) is 11.8 Å². The molecular formula is C16H19N5O3. The van der Waals surface area contributed by atoms with E-state index in [2.05, 4.69) is 15.6 Å². The van der Waals surface area contributed by atoms with E-state index in [0.717, 1.165) is 35.7 Å². The molecule has 1 unspecified atom stereocenters. The van der Waals surface area contributed by atoms with Gasteiger partial charge < -0.3 is 14.9 Å². The molecular weight excluding hydrogens is 310 g/mol. The highest BCUT2D eigenvalue weighted by Crippen LogP contribution is 2.36. The van der Waals surface area contributed by atoms with Crippen LogP contribution in [-0.4, -0.2) is 38.6 Å². The van der Waals surface area contributed by atoms with Gasteiger partial charge in [-0.05, 0) is 32.3 Å². The molecule has 0 radical (unpaired) electrons. The summed E-state index contributed by atoms with van der Waals surface area (Å²) in [5.74, 6) is 1.42. The maximum Gasteiger partial charge on any atom is 0.257 e. The van der Waals surface area contributed by atoms with Crippen molar-refractivity contribution in [3.05, 3.63) is 40.8 Å². The molecule has 24 heavy (non-hydrogen) atoms. The van der Waals surface area contributed by atoms with Crippen LogP contribution in [0.3, 0.4) is 0 Å². The summed E-state index contributed by atoms with van der Waals surface area (Å²) in [6.07, 6.45) is 5.46. The minimum Gasteiger partial charge on any atom is -0.394 e. The van der Waals surface area contributed by atoms with Crippen molar-refractivity contribution >= 4 is 11.6 Å². The Morgan fingerprint density at radius 3 is 2.83 bits per heavy atom. The van der Waals surface area contributed by atoms with Crippen molar-refractivity contribution in [1.29, 1.82) is 0 Å². The number of aliphatic hydroxyl groups excluding tert-OH is 1. The summed E-state index contributed by atoms with van der Waals surface area (Å²) in [7, 11) is 0. The summed E-state index contributed by atoms with van der Waals surface area (Å²) >= 11 is 0. The first-order valence-electron chi connectivity index (χ1n) is 7.96. The average Bonchev–Trinajstić information content (AvgIpc) is 3.12. The van der Waals surface area contributed by atoms with Crippen LogP contribution in [0, 0.1) is 13.8 Å². The normalized spacial score (nSPS) is 20.0. The van der Waals surface area contributed by atoms with Crippen molar-refractivity contribution in [2.45, 2.75) is 39.3 Å². The molecule has 1 atom stereocenters. The molecule has 3 heterocycles. The Labute approximate surface area is 138 Å². The minimum atomic E-state index is -0.584. The van der Waals surface area contributed by atoms with E-state index in [1.165, 1.54) is 5.57 Å². The van der Waals surface area contributed by atoms with E-state index < -0.39 is 6.04 Å². The molecule has 8 heteroatoms. The van der Waals surface area contributed by atoms with Crippen LogP contribution in [0.25, 0.3) is 0 Å². The molecule has 1 amide bonds. The number of allylic oxidation sites excluding steroid dienone is 1. The first-order valence-corrected chi connectivity index (χ1v) is 7.96. The zero-order valence-corrected chi connectivity index (χ0v) is 13.6. The summed E-state index contributed by atoms with van der Waals surface area (Å²) in [6.45, 7) is 4.08. The largest absolute Gasteiger partial charge is 0.394 e. The average molecular weight is 329 g/mol. The van der Waals surface area contributed by atoms with Gasteiger partial charge in [-0.1, -0.05) is 5.16 Å². The molecule has 2 fully saturated rings. The monoisotopic (exact) mass is 329 g/mol. The third-order valence-corrected chi connectivity index (χ3v) is 4.45. The number of hydrogen-bond donors (Lipinski definition) is 2. The molecule has 2 N–H and O–H groups in total. The maximum atomic E-state index is 12.5. The molecule has 0 bridgehead atoms. The minimum absolute atomic E-state index is 0.149. The summed E-state index contributed by atoms with van der Waals surface area (Å²) in [4.78, 5) is 14.1. The van der Waals surface area contributed by atoms with Gasteiger partial charge in [0.1, 0.15) is 17.6 Å². The molecule has 126 valence electrons. The second-order valence-electron chi connectivity index (χ2n) is 6.20. The highest BCUT2D eigenvalue weighted by molar-refractivity contribution is 6.03. The van der Waals surface area contributed by atoms with Crippen molar-refractivity contribution in [2.24, 2.45) is 0 Å². The molecule has 0 spiro atoms. The van der Waals surface area contributed by atoms with Crippen molar-refractivity contribution in [2.75, 3.05) is 11.5 Å². The van der Waals surface area contributed by atoms with Crippen LogP contribution in [0.2, 0.25) is 0 Å². The lowest BCUT2D eigenvalue weighted by atomic mass is 10.2. The first-order chi connectivity index (χ1) is 11.6. The van der Waals surface area contributed by atoms with E-state index >= 15 is 0 Å². The highest BCUT2D eigenvalue weighted by atomic mass is 16.5. The lowest BCUT2D eigenvalue weighted by Crippen LogP contribution is -2.33. The lowest BCUT2D eigenvalue weighted by molar-refractivity contribution is -0.119. The summed E-state index contributed by atoms with van der Waals surface area (Å²) in [5.41, 5.74) is 3.73. The third-order valence-electron chi connectivity index (χ3n) is 4.45. The maximum absolute atomic E-state index is 12.5. The van der Waals surface area contributed by atoms with Gasteiger partial charge in [0.15, 0.2) is 0 Å². The number of amides is 1. The number of nitrogens with zero attached hydrogens (tertiary/aromatic N) is 4. The highest BCUT2D eigenvalue weighted by Gasteiger charge is 2.39. The van der Waals surface area contributed by atoms with Gasteiger partial charge in [0.2, 0.25) is 0 Å². The predicted molar refractivity (Wildman–Crippen MR) is 85.1 cm³/mol. The van der Waals surface area contributed by atoms with Crippen LogP contribution in [0.4, 0.5) is 5.69 Å². The number of aliphatic hydroxyl groups is 1. The second kappa shape index (κ2) is 5.48. The van der Waals surface area contributed by atoms with Crippen LogP contribution < -0.4 is 10.2 Å². The fraction of sp³-hybridized carbons (Fsp3) is 0.438. The number of anilines is 1. The molecule has 1 saturated carbocycles. The standard InChI is InChI=1S/C16H19N5O3/c1-9-13(10(2)24-19-9)7-20-6-12(5-17-20)21-15(11-3-4-11)18-14(8-22)16(21)23/h5-6,14,18,22H,3-4,7-8H2,1-2H3. The Bertz CT molecular complexity index is 809. The van der Waals surface area contributed by atoms with E-state index in [9.17, 15) is 9.90 Å². The Kier molecular flexibility index (Phi) is 3.42. The Morgan fingerprint density at radius 1 is 1.42 bits per heavy atom. The summed E-state index contributed by atoms with van der Waals surface area (Å²) < 4.78 is 6.94. The zero-order valence-electron chi connectivity index (χ0n) is 13.6. The van der Waals surface area contributed by atoms with E-state index in [-0.39, 0.29) is 12.5 Å². The fourth-order valence-electron chi connectivity index (χ4n) is 2.94. The SMILES string of the molecule is Cc1noc(C)c1Cn1cc(N2C(=O)C(CO)NC2=C2CC2)cn1. The second-order valence-corrected chi connectivity index (χ2v) is 6.20. The number of carbonyl (C=O) groups excluding carboxylic acids is 1. The van der Waals surface area contributed by atoms with Gasteiger partial charge in [-0.15, -0.1) is 0 Å². The topological polar surface area (TPSA) is 96.4 Å². The fourth-order valence-corrected chi connectivity index (χ4v) is 2.94. The molecule has 0 aromatic carbocycles. The van der Waals surface area contributed by atoms with Gasteiger partial charge in [0.05, 0.1) is 30.7 Å². The smallest absolute Gasteiger partial charge is 0.257 e. The van der Waals surface area contributed by atoms with E-state index in [4.69, 9.17) is 4.52 Å². The Hall–Kier alpha value is -2.61. The molecule has 2 aromatic rings. The Morgan fingerprint density at radius 2 is 2.21 bits per heavy atom. The molecule has 8 nitrogen and oxygen atoms in total. The number of carbonyl (C=O) groups is 1. The number of nitrogens with one attached hydrogen (secondary N) is 1. The van der Waals surface area contributed by atoms with Gasteiger partial charge in [-0.3, -0.25) is 14.4 Å². The van der Waals surface area contributed by atoms with E-state index in [1.54, 1.807) is 15.8 Å². The molecule has 2 aromatic heterocycles. The van der Waals surface area contributed by atoms with Crippen LogP contribution in [0.5, 0.6) is 0 Å². The number of rotatable bonds is 4. The van der Waals surface area contributed by atoms with Gasteiger partial charge in [-0.25, -0.2) is 0 Å². The van der Waals surface area contributed by atoms with Crippen LogP contribution in [-0.2, 0) is 11.3 Å². The first kappa shape index (κ1) is 14.9. The van der Waals surface area contributed by atoms with E-state index in [0.29, 0.717) is 12.2 Å². The van der Waals surface area contributed by atoms with Gasteiger partial charge in [-0.2, -0.15) is 5.10 Å². The molecule has 2 aliphatic rings. The molecule has 1 aliphatic heterocycles.